The summed E-state index contributed by atoms with van der Waals surface area (Å²) >= 11 is 6.41. The van der Waals surface area contributed by atoms with E-state index < -0.39 is 17.2 Å². The quantitative estimate of drug-likeness (QED) is 0.423. The van der Waals surface area contributed by atoms with Gasteiger partial charge in [0.15, 0.2) is 11.2 Å². The van der Waals surface area contributed by atoms with Crippen LogP contribution in [0.4, 0.5) is 20.2 Å². The van der Waals surface area contributed by atoms with Crippen molar-refractivity contribution in [3.05, 3.63) is 74.7 Å². The Hall–Kier alpha value is -3.72. The van der Waals surface area contributed by atoms with E-state index in [1.54, 1.807) is 19.1 Å². The van der Waals surface area contributed by atoms with Crippen LogP contribution >= 0.6 is 11.6 Å². The van der Waals surface area contributed by atoms with E-state index >= 15 is 4.39 Å². The number of carboxylic acid groups (broad SMARTS) is 1. The van der Waals surface area contributed by atoms with Gasteiger partial charge in [-0.2, -0.15) is 0 Å². The zero-order valence-electron chi connectivity index (χ0n) is 19.0. The lowest BCUT2D eigenvalue weighted by Crippen LogP contribution is -2.46. The van der Waals surface area contributed by atoms with Gasteiger partial charge in [-0.1, -0.05) is 17.7 Å². The number of pyridine rings is 2. The standard InChI is InChI=1S/C25H21ClF2N4O3/c1-13-3-4-14(9-16(13)27)31-5-7-32(8-6-31)17-10-15-21-19(12-29-24(15)23(28)22(17)26)30(2)18(25(34)35)11-20(21)33/h3-4,9-12H,5-8H2,1-2H3,(H,34,35). The number of nitrogens with zero attached hydrogens (tertiary/aromatic N) is 4. The van der Waals surface area contributed by atoms with Crippen LogP contribution in [-0.4, -0.2) is 46.8 Å². The highest BCUT2D eigenvalue weighted by Gasteiger charge is 2.25. The van der Waals surface area contributed by atoms with Crippen LogP contribution in [0.5, 0.6) is 0 Å². The van der Waals surface area contributed by atoms with E-state index in [0.29, 0.717) is 37.4 Å². The van der Waals surface area contributed by atoms with Gasteiger partial charge in [0.25, 0.3) is 0 Å². The van der Waals surface area contributed by atoms with Gasteiger partial charge in [0.2, 0.25) is 0 Å². The fourth-order valence-electron chi connectivity index (χ4n) is 4.60. The van der Waals surface area contributed by atoms with Gasteiger partial charge < -0.3 is 19.5 Å². The Morgan fingerprint density at radius 2 is 1.77 bits per heavy atom. The molecule has 1 fully saturated rings. The molecule has 0 radical (unpaired) electrons. The first-order valence-corrected chi connectivity index (χ1v) is 11.3. The predicted octanol–water partition coefficient (Wildman–Crippen LogP) is 4.35. The Bertz CT molecular complexity index is 1580. The van der Waals surface area contributed by atoms with Gasteiger partial charge in [-0.15, -0.1) is 0 Å². The van der Waals surface area contributed by atoms with Crippen LogP contribution in [0.25, 0.3) is 21.8 Å². The first-order chi connectivity index (χ1) is 16.7. The molecule has 1 N–H and O–H groups in total. The van der Waals surface area contributed by atoms with E-state index in [2.05, 4.69) is 4.98 Å². The molecular formula is C25H21ClF2N4O3. The van der Waals surface area contributed by atoms with Gasteiger partial charge >= 0.3 is 5.97 Å². The summed E-state index contributed by atoms with van der Waals surface area (Å²) in [5.41, 5.74) is 1.26. The van der Waals surface area contributed by atoms with Gasteiger partial charge in [0, 0.05) is 50.4 Å². The molecule has 0 amide bonds. The molecule has 0 saturated carbocycles. The highest BCUT2D eigenvalue weighted by molar-refractivity contribution is 6.34. The monoisotopic (exact) mass is 498 g/mol. The topological polar surface area (TPSA) is 78.7 Å². The predicted molar refractivity (Wildman–Crippen MR) is 132 cm³/mol. The van der Waals surface area contributed by atoms with E-state index in [0.717, 1.165) is 11.8 Å². The summed E-state index contributed by atoms with van der Waals surface area (Å²) in [7, 11) is 1.51. The van der Waals surface area contributed by atoms with Gasteiger partial charge in [-0.3, -0.25) is 9.78 Å². The maximum Gasteiger partial charge on any atom is 0.352 e. The Morgan fingerprint density at radius 3 is 2.43 bits per heavy atom. The number of anilines is 2. The van der Waals surface area contributed by atoms with E-state index in [1.165, 1.54) is 23.9 Å². The van der Waals surface area contributed by atoms with Crippen molar-refractivity contribution in [1.29, 1.82) is 0 Å². The molecule has 0 aliphatic carbocycles. The van der Waals surface area contributed by atoms with Crippen LogP contribution in [0, 0.1) is 18.6 Å². The molecule has 1 saturated heterocycles. The number of aryl methyl sites for hydroxylation is 2. The smallest absolute Gasteiger partial charge is 0.352 e. The zero-order valence-corrected chi connectivity index (χ0v) is 19.7. The van der Waals surface area contributed by atoms with E-state index in [4.69, 9.17) is 11.6 Å². The number of piperazine rings is 1. The second-order valence-corrected chi connectivity index (χ2v) is 8.98. The summed E-state index contributed by atoms with van der Waals surface area (Å²) in [5.74, 6) is -2.26. The maximum absolute atomic E-state index is 15.3. The van der Waals surface area contributed by atoms with E-state index in [1.807, 2.05) is 15.9 Å². The minimum absolute atomic E-state index is 0.0554. The third-order valence-corrected chi connectivity index (χ3v) is 6.96. The molecule has 3 heterocycles. The molecule has 7 nitrogen and oxygen atoms in total. The van der Waals surface area contributed by atoms with E-state index in [9.17, 15) is 19.1 Å². The van der Waals surface area contributed by atoms with Crippen molar-refractivity contribution in [2.24, 2.45) is 7.05 Å². The van der Waals surface area contributed by atoms with Crippen LogP contribution in [-0.2, 0) is 7.05 Å². The third-order valence-electron chi connectivity index (χ3n) is 6.60. The number of hydrogen-bond acceptors (Lipinski definition) is 5. The molecule has 10 heteroatoms. The molecular weight excluding hydrogens is 478 g/mol. The largest absolute Gasteiger partial charge is 0.477 e. The summed E-state index contributed by atoms with van der Waals surface area (Å²) in [5, 5.41) is 9.74. The number of hydrogen-bond donors (Lipinski definition) is 1. The molecule has 0 atom stereocenters. The zero-order chi connectivity index (χ0) is 25.0. The molecule has 2 aromatic carbocycles. The summed E-state index contributed by atoms with van der Waals surface area (Å²) in [6.07, 6.45) is 1.28. The summed E-state index contributed by atoms with van der Waals surface area (Å²) < 4.78 is 30.7. The van der Waals surface area contributed by atoms with Crippen molar-refractivity contribution in [2.75, 3.05) is 36.0 Å². The van der Waals surface area contributed by atoms with Crippen LogP contribution < -0.4 is 15.2 Å². The molecule has 0 unspecified atom stereocenters. The number of aromatic carboxylic acids is 1. The number of carbonyl (C=O) groups is 1. The minimum Gasteiger partial charge on any atom is -0.477 e. The highest BCUT2D eigenvalue weighted by Crippen LogP contribution is 2.36. The highest BCUT2D eigenvalue weighted by atomic mass is 35.5. The van der Waals surface area contributed by atoms with Crippen molar-refractivity contribution in [3.8, 4) is 0 Å². The maximum atomic E-state index is 15.3. The lowest BCUT2D eigenvalue weighted by atomic mass is 10.1. The average Bonchev–Trinajstić information content (AvgIpc) is 2.84. The van der Waals surface area contributed by atoms with Crippen molar-refractivity contribution in [1.82, 2.24) is 9.55 Å². The van der Waals surface area contributed by atoms with Crippen LogP contribution in [0.2, 0.25) is 5.02 Å². The Morgan fingerprint density at radius 1 is 1.09 bits per heavy atom. The lowest BCUT2D eigenvalue weighted by Gasteiger charge is -2.38. The number of rotatable bonds is 3. The van der Waals surface area contributed by atoms with Crippen LogP contribution in [0.3, 0.4) is 0 Å². The molecule has 0 spiro atoms. The first-order valence-electron chi connectivity index (χ1n) is 11.0. The molecule has 5 rings (SSSR count). The molecule has 1 aliphatic rings. The summed E-state index contributed by atoms with van der Waals surface area (Å²) in [6.45, 7) is 3.84. The number of halogens is 3. The minimum atomic E-state index is -1.25. The Kier molecular flexibility index (Phi) is 5.59. The molecule has 2 aromatic heterocycles. The van der Waals surface area contributed by atoms with E-state index in [-0.39, 0.29) is 38.3 Å². The number of fused-ring (bicyclic) bond motifs is 3. The van der Waals surface area contributed by atoms with Gasteiger partial charge in [0.05, 0.1) is 22.8 Å². The molecule has 180 valence electrons. The third kappa shape index (κ3) is 3.76. The Labute approximate surface area is 203 Å². The lowest BCUT2D eigenvalue weighted by molar-refractivity contribution is 0.0686. The fraction of sp³-hybridized carbons (Fsp3) is 0.240. The fourth-order valence-corrected chi connectivity index (χ4v) is 4.87. The Balaban J connectivity index is 1.57. The second kappa shape index (κ2) is 8.49. The summed E-state index contributed by atoms with van der Waals surface area (Å²) in [6, 6.07) is 7.78. The second-order valence-electron chi connectivity index (χ2n) is 8.60. The summed E-state index contributed by atoms with van der Waals surface area (Å²) in [4.78, 5) is 32.5. The van der Waals surface area contributed by atoms with Crippen LogP contribution in [0.1, 0.15) is 16.1 Å². The van der Waals surface area contributed by atoms with Crippen molar-refractivity contribution in [2.45, 2.75) is 6.92 Å². The average molecular weight is 499 g/mol. The van der Waals surface area contributed by atoms with Gasteiger partial charge in [-0.25, -0.2) is 13.6 Å². The molecule has 1 aliphatic heterocycles. The first kappa shape index (κ1) is 23.0. The normalized spacial score (nSPS) is 14.2. The van der Waals surface area contributed by atoms with Gasteiger partial charge in [-0.05, 0) is 30.7 Å². The number of aromatic nitrogens is 2. The molecule has 4 aromatic rings. The van der Waals surface area contributed by atoms with Crippen LogP contribution in [0.15, 0.2) is 41.3 Å². The van der Waals surface area contributed by atoms with Crippen molar-refractivity contribution >= 4 is 50.8 Å². The number of benzene rings is 2. The SMILES string of the molecule is Cc1ccc(N2CCN(c3cc4c(ncc5c4c(=O)cc(C(=O)O)n5C)c(F)c3Cl)CC2)cc1F. The van der Waals surface area contributed by atoms with Gasteiger partial charge in [0.1, 0.15) is 22.1 Å². The van der Waals surface area contributed by atoms with Crippen molar-refractivity contribution < 1.29 is 18.7 Å². The molecule has 35 heavy (non-hydrogen) atoms. The molecule has 0 bridgehead atoms. The van der Waals surface area contributed by atoms with Crippen molar-refractivity contribution in [3.63, 3.8) is 0 Å². The number of carboxylic acids is 1.